The summed E-state index contributed by atoms with van der Waals surface area (Å²) < 4.78 is 26.5. The molecule has 0 aliphatic carbocycles. The maximum Gasteiger partial charge on any atom is 0.244 e. The van der Waals surface area contributed by atoms with Crippen LogP contribution in [0, 0.1) is 13.8 Å². The highest BCUT2D eigenvalue weighted by Crippen LogP contribution is 2.28. The lowest BCUT2D eigenvalue weighted by molar-refractivity contribution is -0.140. The summed E-state index contributed by atoms with van der Waals surface area (Å²) in [6, 6.07) is 9.37. The van der Waals surface area contributed by atoms with E-state index in [-0.39, 0.29) is 12.5 Å². The minimum atomic E-state index is -3.80. The minimum absolute atomic E-state index is 0.0417. The van der Waals surface area contributed by atoms with Crippen LogP contribution in [-0.2, 0) is 26.2 Å². The number of hydrogen-bond acceptors (Lipinski definition) is 4. The van der Waals surface area contributed by atoms with Crippen molar-refractivity contribution in [1.29, 1.82) is 0 Å². The van der Waals surface area contributed by atoms with Crippen LogP contribution in [0.15, 0.2) is 36.4 Å². The molecule has 0 saturated carbocycles. The van der Waals surface area contributed by atoms with E-state index in [1.54, 1.807) is 37.3 Å². The number of rotatable bonds is 11. The number of benzene rings is 2. The molecule has 2 aromatic carbocycles. The largest absolute Gasteiger partial charge is 0.354 e. The quantitative estimate of drug-likeness (QED) is 0.446. The van der Waals surface area contributed by atoms with Crippen LogP contribution in [0.1, 0.15) is 43.4 Å². The number of sulfonamides is 1. The van der Waals surface area contributed by atoms with Gasteiger partial charge in [0.25, 0.3) is 0 Å². The first-order chi connectivity index (χ1) is 16.4. The van der Waals surface area contributed by atoms with Crippen molar-refractivity contribution in [2.75, 3.05) is 23.7 Å². The molecule has 2 amide bonds. The number of nitrogens with one attached hydrogen (secondary N) is 1. The van der Waals surface area contributed by atoms with E-state index in [4.69, 9.17) is 23.2 Å². The minimum Gasteiger partial charge on any atom is -0.354 e. The standard InChI is InChI=1S/C25H33Cl2N3O4S/c1-6-13-28-25(32)23(7-2)29(15-20-21(26)9-8-10-22(20)27)24(31)16-30(35(5,33)34)19-12-11-17(3)18(4)14-19/h8-12,14,23H,6-7,13,15-16H2,1-5H3,(H,28,32)/t23-/m0/s1. The molecule has 0 bridgehead atoms. The van der Waals surface area contributed by atoms with Gasteiger partial charge in [-0.15, -0.1) is 0 Å². The maximum absolute atomic E-state index is 13.7. The summed E-state index contributed by atoms with van der Waals surface area (Å²) in [6.07, 6.45) is 2.11. The average molecular weight is 543 g/mol. The van der Waals surface area contributed by atoms with Gasteiger partial charge in [-0.1, -0.05) is 49.2 Å². The second kappa shape index (κ2) is 12.6. The molecule has 1 N–H and O–H groups in total. The normalized spacial score (nSPS) is 12.2. The Labute approximate surface area is 218 Å². The Hall–Kier alpha value is -2.29. The Balaban J connectivity index is 2.50. The number of carbonyl (C=O) groups excluding carboxylic acids is 2. The van der Waals surface area contributed by atoms with Crippen molar-refractivity contribution < 1.29 is 18.0 Å². The number of hydrogen-bond donors (Lipinski definition) is 1. The number of anilines is 1. The summed E-state index contributed by atoms with van der Waals surface area (Å²) in [5, 5.41) is 3.54. The van der Waals surface area contributed by atoms with Crippen LogP contribution in [0.3, 0.4) is 0 Å². The first-order valence-corrected chi connectivity index (χ1v) is 14.1. The predicted molar refractivity (Wildman–Crippen MR) is 142 cm³/mol. The zero-order valence-corrected chi connectivity index (χ0v) is 23.1. The van der Waals surface area contributed by atoms with Gasteiger partial charge in [-0.05, 0) is 62.1 Å². The highest BCUT2D eigenvalue weighted by Gasteiger charge is 2.32. The first kappa shape index (κ1) is 28.9. The summed E-state index contributed by atoms with van der Waals surface area (Å²) in [6.45, 7) is 7.47. The maximum atomic E-state index is 13.7. The monoisotopic (exact) mass is 541 g/mol. The topological polar surface area (TPSA) is 86.8 Å². The third kappa shape index (κ3) is 7.59. The van der Waals surface area contributed by atoms with Crippen LogP contribution in [0.2, 0.25) is 10.0 Å². The van der Waals surface area contributed by atoms with E-state index >= 15 is 0 Å². The molecule has 0 spiro atoms. The Morgan fingerprint density at radius 3 is 2.17 bits per heavy atom. The highest BCUT2D eigenvalue weighted by atomic mass is 35.5. The first-order valence-electron chi connectivity index (χ1n) is 11.5. The van der Waals surface area contributed by atoms with Gasteiger partial charge in [0.1, 0.15) is 12.6 Å². The van der Waals surface area contributed by atoms with Crippen LogP contribution in [0.4, 0.5) is 5.69 Å². The molecule has 2 rings (SSSR count). The van der Waals surface area contributed by atoms with Gasteiger partial charge >= 0.3 is 0 Å². The van der Waals surface area contributed by atoms with E-state index in [0.717, 1.165) is 28.1 Å². The van der Waals surface area contributed by atoms with Gasteiger partial charge in [0.05, 0.1) is 11.9 Å². The molecule has 1 atom stereocenters. The van der Waals surface area contributed by atoms with Gasteiger partial charge in [0.2, 0.25) is 21.8 Å². The van der Waals surface area contributed by atoms with E-state index in [1.807, 2.05) is 26.8 Å². The third-order valence-electron chi connectivity index (χ3n) is 5.78. The van der Waals surface area contributed by atoms with Crippen molar-refractivity contribution in [2.24, 2.45) is 0 Å². The molecule has 35 heavy (non-hydrogen) atoms. The number of carbonyl (C=O) groups is 2. The number of halogens is 2. The van der Waals surface area contributed by atoms with E-state index in [9.17, 15) is 18.0 Å². The summed E-state index contributed by atoms with van der Waals surface area (Å²) in [5.41, 5.74) is 2.77. The molecule has 0 unspecified atom stereocenters. The Morgan fingerprint density at radius 1 is 1.03 bits per heavy atom. The second-order valence-corrected chi connectivity index (χ2v) is 11.2. The van der Waals surface area contributed by atoms with Crippen LogP contribution in [0.25, 0.3) is 0 Å². The molecule has 0 aliphatic rings. The second-order valence-electron chi connectivity index (χ2n) is 8.48. The summed E-state index contributed by atoms with van der Waals surface area (Å²) in [7, 11) is -3.80. The fourth-order valence-electron chi connectivity index (χ4n) is 3.63. The molecule has 0 heterocycles. The van der Waals surface area contributed by atoms with Gasteiger partial charge in [-0.3, -0.25) is 13.9 Å². The molecular formula is C25H33Cl2N3O4S. The van der Waals surface area contributed by atoms with E-state index < -0.39 is 28.5 Å². The predicted octanol–water partition coefficient (Wildman–Crippen LogP) is 4.71. The number of nitrogens with zero attached hydrogens (tertiary/aromatic N) is 2. The lowest BCUT2D eigenvalue weighted by Crippen LogP contribution is -2.52. The smallest absolute Gasteiger partial charge is 0.244 e. The summed E-state index contributed by atoms with van der Waals surface area (Å²) in [5.74, 6) is -0.855. The number of aryl methyl sites for hydroxylation is 2. The van der Waals surface area contributed by atoms with Crippen molar-refractivity contribution in [2.45, 2.75) is 53.1 Å². The molecule has 0 aromatic heterocycles. The van der Waals surface area contributed by atoms with Gasteiger partial charge < -0.3 is 10.2 Å². The summed E-state index contributed by atoms with van der Waals surface area (Å²) in [4.78, 5) is 28.0. The van der Waals surface area contributed by atoms with Crippen molar-refractivity contribution in [3.63, 3.8) is 0 Å². The zero-order chi connectivity index (χ0) is 26.3. The molecule has 2 aromatic rings. The summed E-state index contributed by atoms with van der Waals surface area (Å²) >= 11 is 12.7. The molecule has 0 radical (unpaired) electrons. The van der Waals surface area contributed by atoms with Crippen molar-refractivity contribution in [3.8, 4) is 0 Å². The molecular weight excluding hydrogens is 509 g/mol. The van der Waals surface area contributed by atoms with Crippen LogP contribution in [-0.4, -0.2) is 50.5 Å². The van der Waals surface area contributed by atoms with Gasteiger partial charge in [-0.25, -0.2) is 8.42 Å². The Kier molecular flexibility index (Phi) is 10.4. The molecule has 0 aliphatic heterocycles. The van der Waals surface area contributed by atoms with Crippen LogP contribution in [0.5, 0.6) is 0 Å². The third-order valence-corrected chi connectivity index (χ3v) is 7.63. The van der Waals surface area contributed by atoms with E-state index in [0.29, 0.717) is 34.3 Å². The van der Waals surface area contributed by atoms with Crippen molar-refractivity contribution in [1.82, 2.24) is 10.2 Å². The van der Waals surface area contributed by atoms with E-state index in [2.05, 4.69) is 5.32 Å². The van der Waals surface area contributed by atoms with Crippen molar-refractivity contribution >= 4 is 50.7 Å². The molecule has 0 saturated heterocycles. The van der Waals surface area contributed by atoms with Gasteiger partial charge in [0.15, 0.2) is 0 Å². The van der Waals surface area contributed by atoms with E-state index in [1.165, 1.54) is 4.90 Å². The Bertz CT molecular complexity index is 1150. The average Bonchev–Trinajstić information content (AvgIpc) is 2.78. The zero-order valence-electron chi connectivity index (χ0n) is 20.8. The molecule has 10 heteroatoms. The SMILES string of the molecule is CCCNC(=O)[C@H](CC)N(Cc1c(Cl)cccc1Cl)C(=O)CN(c1ccc(C)c(C)c1)S(C)(=O)=O. The fourth-order valence-corrected chi connectivity index (χ4v) is 4.99. The van der Waals surface area contributed by atoms with Crippen LogP contribution < -0.4 is 9.62 Å². The molecule has 192 valence electrons. The fraction of sp³-hybridized carbons (Fsp3) is 0.440. The molecule has 7 nitrogen and oxygen atoms in total. The van der Waals surface area contributed by atoms with Crippen LogP contribution >= 0.6 is 23.2 Å². The van der Waals surface area contributed by atoms with Gasteiger partial charge in [0, 0.05) is 28.7 Å². The lowest BCUT2D eigenvalue weighted by atomic mass is 10.1. The Morgan fingerprint density at radius 2 is 1.66 bits per heavy atom. The lowest BCUT2D eigenvalue weighted by Gasteiger charge is -2.33. The number of amides is 2. The highest BCUT2D eigenvalue weighted by molar-refractivity contribution is 7.92. The van der Waals surface area contributed by atoms with Gasteiger partial charge in [-0.2, -0.15) is 0 Å². The van der Waals surface area contributed by atoms with Crippen molar-refractivity contribution in [3.05, 3.63) is 63.1 Å². The molecule has 0 fully saturated rings.